The molecule has 0 atom stereocenters. The molecule has 0 saturated heterocycles. The van der Waals surface area contributed by atoms with Gasteiger partial charge in [-0.05, 0) is 29.9 Å². The van der Waals surface area contributed by atoms with Crippen LogP contribution in [0.15, 0.2) is 36.0 Å². The maximum Gasteiger partial charge on any atom is 0.303 e. The molecule has 1 N–H and O–H groups in total. The van der Waals surface area contributed by atoms with Crippen molar-refractivity contribution in [2.45, 2.75) is 12.8 Å². The van der Waals surface area contributed by atoms with Crippen LogP contribution < -0.4 is 5.32 Å². The topological polar surface area (TPSA) is 68.1 Å². The number of hydrogen-bond acceptors (Lipinski definition) is 5. The highest BCUT2D eigenvalue weighted by Gasteiger charge is 2.13. The molecular weight excluding hydrogens is 250 g/mol. The zero-order valence-corrected chi connectivity index (χ0v) is 10.5. The van der Waals surface area contributed by atoms with Crippen molar-refractivity contribution in [3.05, 3.63) is 51.7 Å². The molecule has 5 nitrogen and oxygen atoms in total. The predicted octanol–water partition coefficient (Wildman–Crippen LogP) is 3.10. The van der Waals surface area contributed by atoms with Gasteiger partial charge in [-0.3, -0.25) is 15.1 Å². The first kappa shape index (κ1) is 12.5. The van der Waals surface area contributed by atoms with Crippen LogP contribution in [-0.4, -0.2) is 16.5 Å². The summed E-state index contributed by atoms with van der Waals surface area (Å²) in [5, 5.41) is 16.2. The molecule has 0 spiro atoms. The molecule has 18 heavy (non-hydrogen) atoms. The van der Waals surface area contributed by atoms with E-state index in [0.29, 0.717) is 5.00 Å². The summed E-state index contributed by atoms with van der Waals surface area (Å²) in [4.78, 5) is 14.4. The molecule has 2 aromatic heterocycles. The van der Waals surface area contributed by atoms with Gasteiger partial charge in [-0.25, -0.2) is 0 Å². The Balaban J connectivity index is 1.79. The minimum absolute atomic E-state index is 0.154. The molecule has 0 unspecified atom stereocenters. The fourth-order valence-electron chi connectivity index (χ4n) is 1.62. The van der Waals surface area contributed by atoms with Gasteiger partial charge in [-0.1, -0.05) is 6.07 Å². The van der Waals surface area contributed by atoms with Crippen LogP contribution >= 0.6 is 11.3 Å². The number of nitrogens with one attached hydrogen (secondary N) is 1. The summed E-state index contributed by atoms with van der Waals surface area (Å²) in [6, 6.07) is 5.46. The number of rotatable bonds is 6. The molecule has 2 heterocycles. The lowest BCUT2D eigenvalue weighted by molar-refractivity contribution is -0.383. The number of thiophene rings is 1. The first-order chi connectivity index (χ1) is 8.77. The summed E-state index contributed by atoms with van der Waals surface area (Å²) in [6.45, 7) is 0.718. The number of nitro groups is 1. The molecule has 0 bridgehead atoms. The first-order valence-corrected chi connectivity index (χ1v) is 6.50. The van der Waals surface area contributed by atoms with Crippen LogP contribution in [0.5, 0.6) is 0 Å². The molecule has 0 fully saturated rings. The number of nitrogens with zero attached hydrogens (tertiary/aromatic N) is 2. The lowest BCUT2D eigenvalue weighted by atomic mass is 10.1. The molecule has 0 aliphatic heterocycles. The summed E-state index contributed by atoms with van der Waals surface area (Å²) in [5.41, 5.74) is 1.33. The highest BCUT2D eigenvalue weighted by atomic mass is 32.1. The molecule has 6 heteroatoms. The van der Waals surface area contributed by atoms with Crippen molar-refractivity contribution in [1.29, 1.82) is 0 Å². The van der Waals surface area contributed by atoms with E-state index in [1.807, 2.05) is 18.3 Å². The van der Waals surface area contributed by atoms with Gasteiger partial charge in [0.25, 0.3) is 0 Å². The van der Waals surface area contributed by atoms with E-state index in [2.05, 4.69) is 10.3 Å². The molecule has 94 valence electrons. The van der Waals surface area contributed by atoms with Crippen LogP contribution in [0, 0.1) is 10.1 Å². The van der Waals surface area contributed by atoms with Crippen molar-refractivity contribution in [3.8, 4) is 0 Å². The normalized spacial score (nSPS) is 10.2. The lowest BCUT2D eigenvalue weighted by Crippen LogP contribution is -2.03. The Morgan fingerprint density at radius 2 is 2.33 bits per heavy atom. The first-order valence-electron chi connectivity index (χ1n) is 5.62. The van der Waals surface area contributed by atoms with Crippen LogP contribution in [0.1, 0.15) is 12.0 Å². The van der Waals surface area contributed by atoms with Gasteiger partial charge in [-0.2, -0.15) is 0 Å². The lowest BCUT2D eigenvalue weighted by Gasteiger charge is -2.03. The summed E-state index contributed by atoms with van der Waals surface area (Å²) in [5.74, 6) is 0. The molecule has 0 aliphatic rings. The maximum absolute atomic E-state index is 10.7. The standard InChI is InChI=1S/C12H13N3O2S/c16-15(17)11-5-8-18-12(11)14-7-2-4-10-3-1-6-13-9-10/h1,3,5-6,8-9,14H,2,4,7H2. The van der Waals surface area contributed by atoms with E-state index < -0.39 is 0 Å². The Morgan fingerprint density at radius 3 is 3.06 bits per heavy atom. The summed E-state index contributed by atoms with van der Waals surface area (Å²) >= 11 is 1.36. The van der Waals surface area contributed by atoms with Crippen molar-refractivity contribution in [2.75, 3.05) is 11.9 Å². The largest absolute Gasteiger partial charge is 0.371 e. The average Bonchev–Trinajstić information content (AvgIpc) is 2.84. The van der Waals surface area contributed by atoms with E-state index in [1.165, 1.54) is 23.0 Å². The van der Waals surface area contributed by atoms with Gasteiger partial charge in [-0.15, -0.1) is 11.3 Å². The fourth-order valence-corrected chi connectivity index (χ4v) is 2.40. The van der Waals surface area contributed by atoms with Crippen molar-refractivity contribution in [1.82, 2.24) is 4.98 Å². The molecular formula is C12H13N3O2S. The van der Waals surface area contributed by atoms with Gasteiger partial charge in [0.15, 0.2) is 5.00 Å². The second kappa shape index (κ2) is 6.11. The quantitative estimate of drug-likeness (QED) is 0.494. The number of aryl methyl sites for hydroxylation is 1. The second-order valence-corrected chi connectivity index (χ2v) is 4.70. The van der Waals surface area contributed by atoms with Crippen LogP contribution in [0.3, 0.4) is 0 Å². The zero-order chi connectivity index (χ0) is 12.8. The maximum atomic E-state index is 10.7. The van der Waals surface area contributed by atoms with Gasteiger partial charge in [0.05, 0.1) is 4.92 Å². The molecule has 0 aromatic carbocycles. The minimum Gasteiger partial charge on any atom is -0.371 e. The van der Waals surface area contributed by atoms with Crippen molar-refractivity contribution >= 4 is 22.0 Å². The Morgan fingerprint density at radius 1 is 1.44 bits per heavy atom. The van der Waals surface area contributed by atoms with Crippen LogP contribution in [0.25, 0.3) is 0 Å². The third-order valence-corrected chi connectivity index (χ3v) is 3.35. The Labute approximate surface area is 109 Å². The third kappa shape index (κ3) is 3.27. The van der Waals surface area contributed by atoms with Crippen molar-refractivity contribution < 1.29 is 4.92 Å². The van der Waals surface area contributed by atoms with Crippen molar-refractivity contribution in [3.63, 3.8) is 0 Å². The predicted molar refractivity (Wildman–Crippen MR) is 72.0 cm³/mol. The van der Waals surface area contributed by atoms with Gasteiger partial charge in [0.2, 0.25) is 0 Å². The van der Waals surface area contributed by atoms with Crippen molar-refractivity contribution in [2.24, 2.45) is 0 Å². The fraction of sp³-hybridized carbons (Fsp3) is 0.250. The smallest absolute Gasteiger partial charge is 0.303 e. The van der Waals surface area contributed by atoms with Gasteiger partial charge in [0.1, 0.15) is 0 Å². The Kier molecular flexibility index (Phi) is 4.25. The van der Waals surface area contributed by atoms with Gasteiger partial charge < -0.3 is 5.32 Å². The number of pyridine rings is 1. The second-order valence-electron chi connectivity index (χ2n) is 3.78. The van der Waals surface area contributed by atoms with Crippen LogP contribution in [-0.2, 0) is 6.42 Å². The molecule has 0 aliphatic carbocycles. The number of aromatic nitrogens is 1. The molecule has 2 aromatic rings. The number of hydrogen-bond donors (Lipinski definition) is 1. The Bertz CT molecular complexity index is 513. The van der Waals surface area contributed by atoms with Crippen LogP contribution in [0.4, 0.5) is 10.7 Å². The third-order valence-electron chi connectivity index (χ3n) is 2.49. The highest BCUT2D eigenvalue weighted by Crippen LogP contribution is 2.30. The summed E-state index contributed by atoms with van der Waals surface area (Å²) in [6.07, 6.45) is 5.42. The average molecular weight is 263 g/mol. The van der Waals surface area contributed by atoms with Gasteiger partial charge >= 0.3 is 5.69 Å². The minimum atomic E-state index is -0.361. The Hall–Kier alpha value is -1.95. The monoisotopic (exact) mass is 263 g/mol. The molecule has 0 radical (unpaired) electrons. The van der Waals surface area contributed by atoms with Crippen LogP contribution in [0.2, 0.25) is 0 Å². The summed E-state index contributed by atoms with van der Waals surface area (Å²) in [7, 11) is 0. The molecule has 2 rings (SSSR count). The van der Waals surface area contributed by atoms with E-state index >= 15 is 0 Å². The van der Waals surface area contributed by atoms with Gasteiger partial charge in [0, 0.05) is 25.0 Å². The molecule has 0 amide bonds. The summed E-state index contributed by atoms with van der Waals surface area (Å²) < 4.78 is 0. The molecule has 0 saturated carbocycles. The highest BCUT2D eigenvalue weighted by molar-refractivity contribution is 7.14. The van der Waals surface area contributed by atoms with E-state index in [0.717, 1.165) is 19.4 Å². The SMILES string of the molecule is O=[N+]([O-])c1ccsc1NCCCc1cccnc1. The zero-order valence-electron chi connectivity index (χ0n) is 9.70. The van der Waals surface area contributed by atoms with E-state index in [1.54, 1.807) is 11.6 Å². The van der Waals surface area contributed by atoms with E-state index in [9.17, 15) is 10.1 Å². The van der Waals surface area contributed by atoms with E-state index in [4.69, 9.17) is 0 Å². The number of anilines is 1. The van der Waals surface area contributed by atoms with E-state index in [-0.39, 0.29) is 10.6 Å².